The maximum atomic E-state index is 13.4. The molecule has 0 radical (unpaired) electrons. The fourth-order valence-electron chi connectivity index (χ4n) is 3.54. The lowest BCUT2D eigenvalue weighted by molar-refractivity contribution is -0.140. The average Bonchev–Trinajstić information content (AvgIpc) is 2.83. The van der Waals surface area contributed by atoms with Gasteiger partial charge in [-0.15, -0.1) is 11.8 Å². The Morgan fingerprint density at radius 3 is 2.24 bits per heavy atom. The van der Waals surface area contributed by atoms with Crippen molar-refractivity contribution >= 4 is 35.2 Å². The number of carbonyl (C=O) groups is 2. The molecule has 1 N–H and O–H groups in total. The highest BCUT2D eigenvalue weighted by molar-refractivity contribution is 7.99. The first-order chi connectivity index (χ1) is 16.0. The van der Waals surface area contributed by atoms with Crippen molar-refractivity contribution in [2.24, 2.45) is 0 Å². The Labute approximate surface area is 205 Å². The van der Waals surface area contributed by atoms with Crippen LogP contribution in [-0.2, 0) is 22.6 Å². The normalized spacial score (nSPS) is 11.6. The summed E-state index contributed by atoms with van der Waals surface area (Å²) in [6.07, 6.45) is 0.796. The summed E-state index contributed by atoms with van der Waals surface area (Å²) in [5, 5.41) is 3.44. The second-order valence-electron chi connectivity index (χ2n) is 7.88. The van der Waals surface area contributed by atoms with Crippen LogP contribution in [0.5, 0.6) is 0 Å². The van der Waals surface area contributed by atoms with Crippen LogP contribution in [-0.4, -0.2) is 35.6 Å². The molecule has 172 valence electrons. The molecule has 3 aromatic carbocycles. The van der Waals surface area contributed by atoms with E-state index in [2.05, 4.69) is 5.32 Å². The fraction of sp³-hybridized carbons (Fsp3) is 0.259. The number of hydrogen-bond acceptors (Lipinski definition) is 3. The van der Waals surface area contributed by atoms with E-state index in [9.17, 15) is 9.59 Å². The molecule has 6 heteroatoms. The standard InChI is InChI=1S/C27H29ClN2O2S/c1-20-8-10-22(11-9-20)19-30(25(27(32)29-2)18-21-6-4-3-5-7-21)26(31)16-17-33-24-14-12-23(28)13-15-24/h3-15,25H,16-19H2,1-2H3,(H,29,32)/t25-/m0/s1. The summed E-state index contributed by atoms with van der Waals surface area (Å²) in [5.41, 5.74) is 3.17. The van der Waals surface area contributed by atoms with Crippen molar-refractivity contribution in [3.8, 4) is 0 Å². The molecule has 0 aromatic heterocycles. The Bertz CT molecular complexity index is 1040. The number of benzene rings is 3. The van der Waals surface area contributed by atoms with Crippen LogP contribution in [0.15, 0.2) is 83.8 Å². The second-order valence-corrected chi connectivity index (χ2v) is 9.48. The van der Waals surface area contributed by atoms with Crippen molar-refractivity contribution in [3.63, 3.8) is 0 Å². The van der Waals surface area contributed by atoms with E-state index in [1.165, 1.54) is 0 Å². The highest BCUT2D eigenvalue weighted by atomic mass is 35.5. The topological polar surface area (TPSA) is 49.4 Å². The molecule has 0 heterocycles. The Morgan fingerprint density at radius 2 is 1.61 bits per heavy atom. The Balaban J connectivity index is 1.79. The molecule has 0 aliphatic carbocycles. The summed E-state index contributed by atoms with van der Waals surface area (Å²) >= 11 is 7.57. The van der Waals surface area contributed by atoms with Gasteiger partial charge in [-0.3, -0.25) is 9.59 Å². The zero-order valence-electron chi connectivity index (χ0n) is 19.0. The molecule has 3 aromatic rings. The number of rotatable bonds is 10. The molecule has 1 atom stereocenters. The van der Waals surface area contributed by atoms with Crippen molar-refractivity contribution < 1.29 is 9.59 Å². The molecular weight excluding hydrogens is 452 g/mol. The van der Waals surface area contributed by atoms with Gasteiger partial charge in [0.25, 0.3) is 0 Å². The van der Waals surface area contributed by atoms with E-state index >= 15 is 0 Å². The van der Waals surface area contributed by atoms with Crippen LogP contribution < -0.4 is 5.32 Å². The number of aryl methyl sites for hydroxylation is 1. The van der Waals surface area contributed by atoms with Crippen LogP contribution >= 0.6 is 23.4 Å². The van der Waals surface area contributed by atoms with E-state index in [1.54, 1.807) is 23.7 Å². The molecule has 0 aliphatic rings. The largest absolute Gasteiger partial charge is 0.357 e. The number of thioether (sulfide) groups is 1. The van der Waals surface area contributed by atoms with Crippen LogP contribution in [0.3, 0.4) is 0 Å². The van der Waals surface area contributed by atoms with E-state index in [1.807, 2.05) is 85.8 Å². The van der Waals surface area contributed by atoms with E-state index in [0.717, 1.165) is 21.6 Å². The van der Waals surface area contributed by atoms with Gasteiger partial charge in [-0.1, -0.05) is 71.8 Å². The van der Waals surface area contributed by atoms with Crippen LogP contribution in [0, 0.1) is 6.92 Å². The third-order valence-corrected chi connectivity index (χ3v) is 6.66. The zero-order valence-corrected chi connectivity index (χ0v) is 20.5. The lowest BCUT2D eigenvalue weighted by Crippen LogP contribution is -2.49. The van der Waals surface area contributed by atoms with E-state index < -0.39 is 6.04 Å². The number of hydrogen-bond donors (Lipinski definition) is 1. The smallest absolute Gasteiger partial charge is 0.242 e. The number of carbonyl (C=O) groups excluding carboxylic acids is 2. The molecule has 0 aliphatic heterocycles. The predicted molar refractivity (Wildman–Crippen MR) is 137 cm³/mol. The minimum absolute atomic E-state index is 0.0402. The highest BCUT2D eigenvalue weighted by Crippen LogP contribution is 2.22. The number of nitrogens with one attached hydrogen (secondary N) is 1. The average molecular weight is 481 g/mol. The molecule has 0 bridgehead atoms. The third-order valence-electron chi connectivity index (χ3n) is 5.39. The molecule has 2 amide bonds. The maximum Gasteiger partial charge on any atom is 0.242 e. The minimum atomic E-state index is -0.591. The van der Waals surface area contributed by atoms with Crippen LogP contribution in [0.25, 0.3) is 0 Å². The van der Waals surface area contributed by atoms with Gasteiger partial charge >= 0.3 is 0 Å². The van der Waals surface area contributed by atoms with Gasteiger partial charge < -0.3 is 10.2 Å². The molecule has 0 spiro atoms. The highest BCUT2D eigenvalue weighted by Gasteiger charge is 2.29. The van der Waals surface area contributed by atoms with Crippen LogP contribution in [0.2, 0.25) is 5.02 Å². The van der Waals surface area contributed by atoms with Crippen molar-refractivity contribution in [3.05, 3.63) is 101 Å². The summed E-state index contributed by atoms with van der Waals surface area (Å²) < 4.78 is 0. The van der Waals surface area contributed by atoms with Gasteiger partial charge in [0, 0.05) is 42.1 Å². The van der Waals surface area contributed by atoms with Gasteiger partial charge in [-0.25, -0.2) is 0 Å². The van der Waals surface area contributed by atoms with Crippen molar-refractivity contribution in [1.82, 2.24) is 10.2 Å². The summed E-state index contributed by atoms with van der Waals surface area (Å²) in [6.45, 7) is 2.42. The molecule has 0 saturated carbocycles. The summed E-state index contributed by atoms with van der Waals surface area (Å²) in [6, 6.07) is 24.9. The van der Waals surface area contributed by atoms with E-state index in [-0.39, 0.29) is 11.8 Å². The summed E-state index contributed by atoms with van der Waals surface area (Å²) in [4.78, 5) is 29.1. The molecule has 0 fully saturated rings. The predicted octanol–water partition coefficient (Wildman–Crippen LogP) is 5.52. The Hall–Kier alpha value is -2.76. The molecule has 3 rings (SSSR count). The molecule has 4 nitrogen and oxygen atoms in total. The molecule has 0 saturated heterocycles. The monoisotopic (exact) mass is 480 g/mol. The van der Waals surface area contributed by atoms with Gasteiger partial charge in [0.05, 0.1) is 0 Å². The third kappa shape index (κ3) is 7.65. The number of amides is 2. The molecular formula is C27H29ClN2O2S. The minimum Gasteiger partial charge on any atom is -0.357 e. The lowest BCUT2D eigenvalue weighted by atomic mass is 10.0. The van der Waals surface area contributed by atoms with E-state index in [0.29, 0.717) is 30.2 Å². The summed E-state index contributed by atoms with van der Waals surface area (Å²) in [5.74, 6) is 0.419. The fourth-order valence-corrected chi connectivity index (χ4v) is 4.51. The quantitative estimate of drug-likeness (QED) is 0.389. The van der Waals surface area contributed by atoms with Crippen molar-refractivity contribution in [1.29, 1.82) is 0 Å². The first-order valence-corrected chi connectivity index (χ1v) is 12.3. The van der Waals surface area contributed by atoms with Gasteiger partial charge in [-0.2, -0.15) is 0 Å². The van der Waals surface area contributed by atoms with E-state index in [4.69, 9.17) is 11.6 Å². The van der Waals surface area contributed by atoms with Crippen molar-refractivity contribution in [2.45, 2.75) is 37.2 Å². The van der Waals surface area contributed by atoms with Gasteiger partial charge in [0.2, 0.25) is 11.8 Å². The van der Waals surface area contributed by atoms with Gasteiger partial charge in [0.15, 0.2) is 0 Å². The first kappa shape index (κ1) is 24.9. The summed E-state index contributed by atoms with van der Waals surface area (Å²) in [7, 11) is 1.62. The van der Waals surface area contributed by atoms with Crippen molar-refractivity contribution in [2.75, 3.05) is 12.8 Å². The van der Waals surface area contributed by atoms with Gasteiger partial charge in [-0.05, 0) is 42.3 Å². The number of nitrogens with zero attached hydrogens (tertiary/aromatic N) is 1. The first-order valence-electron chi connectivity index (χ1n) is 10.9. The SMILES string of the molecule is CNC(=O)[C@H](Cc1ccccc1)N(Cc1ccc(C)cc1)C(=O)CCSc1ccc(Cl)cc1. The second kappa shape index (κ2) is 12.5. The van der Waals surface area contributed by atoms with Crippen LogP contribution in [0.4, 0.5) is 0 Å². The Morgan fingerprint density at radius 1 is 0.939 bits per heavy atom. The number of likely N-dealkylation sites (N-methyl/N-ethyl adjacent to an activating group) is 1. The molecule has 0 unspecified atom stereocenters. The van der Waals surface area contributed by atoms with Gasteiger partial charge in [0.1, 0.15) is 6.04 Å². The lowest BCUT2D eigenvalue weighted by Gasteiger charge is -2.31. The Kier molecular flexibility index (Phi) is 9.40. The maximum absolute atomic E-state index is 13.4. The number of halogens is 1. The van der Waals surface area contributed by atoms with Crippen LogP contribution in [0.1, 0.15) is 23.1 Å². The molecule has 33 heavy (non-hydrogen) atoms. The zero-order chi connectivity index (χ0) is 23.6.